The standard InChI is InChI=1S/C22H22F3N7/c1-32-19(12-28-31-32)14-5-6-16-13(9-14)4-7-17(16)20-18(22(23,24)25)11-27-21(30-20)29-15-3-2-8-26-10-15/h5-7,9,11-12,15,26H,2-4,8,10H2,1H3,(H,27,29,30)/t15-/m0/s1. The molecular formula is C22H22F3N7. The predicted molar refractivity (Wildman–Crippen MR) is 114 cm³/mol. The van der Waals surface area contributed by atoms with E-state index in [9.17, 15) is 13.2 Å². The Morgan fingerprint density at radius 2 is 2.09 bits per heavy atom. The molecule has 0 radical (unpaired) electrons. The van der Waals surface area contributed by atoms with Gasteiger partial charge in [0.1, 0.15) is 5.56 Å². The van der Waals surface area contributed by atoms with Gasteiger partial charge in [-0.05, 0) is 43.0 Å². The van der Waals surface area contributed by atoms with Gasteiger partial charge < -0.3 is 10.6 Å². The number of fused-ring (bicyclic) bond motifs is 1. The zero-order valence-electron chi connectivity index (χ0n) is 17.4. The monoisotopic (exact) mass is 441 g/mol. The third-order valence-corrected chi connectivity index (χ3v) is 5.91. The number of anilines is 1. The highest BCUT2D eigenvalue weighted by molar-refractivity contribution is 5.86. The Bertz CT molecular complexity index is 1180. The molecule has 2 aliphatic rings. The molecule has 0 spiro atoms. The molecule has 1 atom stereocenters. The van der Waals surface area contributed by atoms with Crippen LogP contribution >= 0.6 is 0 Å². The number of alkyl halides is 3. The molecule has 3 heterocycles. The van der Waals surface area contributed by atoms with Crippen molar-refractivity contribution < 1.29 is 13.2 Å². The van der Waals surface area contributed by atoms with Crippen molar-refractivity contribution in [2.45, 2.75) is 31.5 Å². The van der Waals surface area contributed by atoms with E-state index in [1.807, 2.05) is 18.2 Å². The van der Waals surface area contributed by atoms with Gasteiger partial charge in [0.05, 0.1) is 17.6 Å². The van der Waals surface area contributed by atoms with Crippen LogP contribution in [0.3, 0.4) is 0 Å². The molecule has 2 N–H and O–H groups in total. The second-order valence-corrected chi connectivity index (χ2v) is 8.08. The first kappa shape index (κ1) is 20.6. The Balaban J connectivity index is 1.51. The first-order valence-electron chi connectivity index (χ1n) is 10.5. The van der Waals surface area contributed by atoms with Crippen LogP contribution in [-0.2, 0) is 19.6 Å². The van der Waals surface area contributed by atoms with Crippen molar-refractivity contribution in [2.75, 3.05) is 18.4 Å². The van der Waals surface area contributed by atoms with E-state index in [0.717, 1.165) is 54.5 Å². The molecule has 2 aromatic heterocycles. The van der Waals surface area contributed by atoms with Gasteiger partial charge in [0.15, 0.2) is 0 Å². The summed E-state index contributed by atoms with van der Waals surface area (Å²) in [4.78, 5) is 8.31. The topological polar surface area (TPSA) is 80.5 Å². The fourth-order valence-electron chi connectivity index (χ4n) is 4.30. The Morgan fingerprint density at radius 1 is 1.22 bits per heavy atom. The van der Waals surface area contributed by atoms with Gasteiger partial charge in [-0.15, -0.1) is 5.10 Å². The number of aryl methyl sites for hydroxylation is 1. The Morgan fingerprint density at radius 3 is 2.81 bits per heavy atom. The maximum Gasteiger partial charge on any atom is 0.419 e. The van der Waals surface area contributed by atoms with Gasteiger partial charge in [-0.25, -0.2) is 14.6 Å². The summed E-state index contributed by atoms with van der Waals surface area (Å²) in [5, 5.41) is 14.3. The number of hydrogen-bond donors (Lipinski definition) is 2. The highest BCUT2D eigenvalue weighted by Gasteiger charge is 2.37. The summed E-state index contributed by atoms with van der Waals surface area (Å²) in [6.45, 7) is 1.68. The first-order chi connectivity index (χ1) is 15.4. The van der Waals surface area contributed by atoms with E-state index in [-0.39, 0.29) is 17.7 Å². The van der Waals surface area contributed by atoms with Gasteiger partial charge in [-0.3, -0.25) is 0 Å². The summed E-state index contributed by atoms with van der Waals surface area (Å²) in [6.07, 6.45) is 2.25. The molecule has 1 saturated heterocycles. The number of nitrogens with one attached hydrogen (secondary N) is 2. The lowest BCUT2D eigenvalue weighted by atomic mass is 9.98. The highest BCUT2D eigenvalue weighted by Crippen LogP contribution is 2.40. The molecule has 5 rings (SSSR count). The van der Waals surface area contributed by atoms with Crippen LogP contribution in [0.1, 0.15) is 35.2 Å². The predicted octanol–water partition coefficient (Wildman–Crippen LogP) is 3.44. The molecule has 32 heavy (non-hydrogen) atoms. The van der Waals surface area contributed by atoms with E-state index in [4.69, 9.17) is 0 Å². The van der Waals surface area contributed by atoms with E-state index in [1.165, 1.54) is 0 Å². The number of aromatic nitrogens is 5. The largest absolute Gasteiger partial charge is 0.419 e. The molecule has 0 bridgehead atoms. The Kier molecular flexibility index (Phi) is 5.16. The molecule has 7 nitrogen and oxygen atoms in total. The fraction of sp³-hybridized carbons (Fsp3) is 0.364. The van der Waals surface area contributed by atoms with Crippen LogP contribution in [0.15, 0.2) is 36.7 Å². The smallest absolute Gasteiger partial charge is 0.350 e. The molecule has 1 aliphatic carbocycles. The zero-order chi connectivity index (χ0) is 22.3. The number of hydrogen-bond acceptors (Lipinski definition) is 6. The van der Waals surface area contributed by atoms with Crippen molar-refractivity contribution in [2.24, 2.45) is 7.05 Å². The lowest BCUT2D eigenvalue weighted by molar-refractivity contribution is -0.138. The summed E-state index contributed by atoms with van der Waals surface area (Å²) >= 11 is 0. The summed E-state index contributed by atoms with van der Waals surface area (Å²) < 4.78 is 43.1. The molecule has 1 fully saturated rings. The molecule has 0 amide bonds. The second kappa shape index (κ2) is 8.01. The third kappa shape index (κ3) is 3.86. The minimum Gasteiger partial charge on any atom is -0.350 e. The third-order valence-electron chi connectivity index (χ3n) is 5.91. The van der Waals surface area contributed by atoms with Gasteiger partial charge in [0.2, 0.25) is 5.95 Å². The van der Waals surface area contributed by atoms with Gasteiger partial charge in [0.25, 0.3) is 0 Å². The van der Waals surface area contributed by atoms with Crippen LogP contribution in [0.2, 0.25) is 0 Å². The molecule has 3 aromatic rings. The van der Waals surface area contributed by atoms with Crippen LogP contribution in [0, 0.1) is 0 Å². The minimum atomic E-state index is -4.55. The molecular weight excluding hydrogens is 419 g/mol. The number of allylic oxidation sites excluding steroid dienone is 1. The van der Waals surface area contributed by atoms with Crippen molar-refractivity contribution in [3.8, 4) is 11.3 Å². The summed E-state index contributed by atoms with van der Waals surface area (Å²) in [5.41, 5.74) is 3.00. The number of rotatable bonds is 4. The van der Waals surface area contributed by atoms with Gasteiger partial charge >= 0.3 is 6.18 Å². The lowest BCUT2D eigenvalue weighted by Crippen LogP contribution is -2.38. The van der Waals surface area contributed by atoms with E-state index < -0.39 is 11.7 Å². The van der Waals surface area contributed by atoms with Crippen LogP contribution in [0.4, 0.5) is 19.1 Å². The first-order valence-corrected chi connectivity index (χ1v) is 10.5. The molecule has 0 saturated carbocycles. The van der Waals surface area contributed by atoms with Gasteiger partial charge in [0, 0.05) is 37.0 Å². The minimum absolute atomic E-state index is 0.0903. The average Bonchev–Trinajstić information content (AvgIpc) is 3.39. The number of halogens is 3. The number of benzene rings is 1. The van der Waals surface area contributed by atoms with E-state index in [1.54, 1.807) is 24.0 Å². The normalized spacial score (nSPS) is 18.4. The van der Waals surface area contributed by atoms with E-state index >= 15 is 0 Å². The van der Waals surface area contributed by atoms with Crippen LogP contribution < -0.4 is 10.6 Å². The second-order valence-electron chi connectivity index (χ2n) is 8.08. The Hall–Kier alpha value is -3.27. The molecule has 1 aliphatic heterocycles. The van der Waals surface area contributed by atoms with Crippen molar-refractivity contribution in [3.63, 3.8) is 0 Å². The fourth-order valence-corrected chi connectivity index (χ4v) is 4.30. The zero-order valence-corrected chi connectivity index (χ0v) is 17.4. The van der Waals surface area contributed by atoms with Crippen LogP contribution in [0.25, 0.3) is 16.8 Å². The Labute approximate surface area is 182 Å². The van der Waals surface area contributed by atoms with Crippen molar-refractivity contribution in [1.29, 1.82) is 0 Å². The number of nitrogens with zero attached hydrogens (tertiary/aromatic N) is 5. The highest BCUT2D eigenvalue weighted by atomic mass is 19.4. The summed E-state index contributed by atoms with van der Waals surface area (Å²) in [7, 11) is 1.80. The molecule has 1 aromatic carbocycles. The molecule has 10 heteroatoms. The molecule has 0 unspecified atom stereocenters. The maximum absolute atomic E-state index is 13.8. The van der Waals surface area contributed by atoms with Crippen LogP contribution in [0.5, 0.6) is 0 Å². The summed E-state index contributed by atoms with van der Waals surface area (Å²) in [6, 6.07) is 5.78. The quantitative estimate of drug-likeness (QED) is 0.646. The van der Waals surface area contributed by atoms with Crippen molar-refractivity contribution in [3.05, 3.63) is 59.1 Å². The van der Waals surface area contributed by atoms with Gasteiger partial charge in [-0.1, -0.05) is 23.4 Å². The summed E-state index contributed by atoms with van der Waals surface area (Å²) in [5.74, 6) is 0.216. The van der Waals surface area contributed by atoms with Crippen LogP contribution in [-0.4, -0.2) is 44.1 Å². The maximum atomic E-state index is 13.8. The molecule has 166 valence electrons. The average molecular weight is 441 g/mol. The van der Waals surface area contributed by atoms with Crippen molar-refractivity contribution >= 4 is 11.5 Å². The number of piperidine rings is 1. The lowest BCUT2D eigenvalue weighted by Gasteiger charge is -2.24. The van der Waals surface area contributed by atoms with E-state index in [2.05, 4.69) is 30.9 Å². The van der Waals surface area contributed by atoms with Gasteiger partial charge in [-0.2, -0.15) is 13.2 Å². The van der Waals surface area contributed by atoms with Crippen molar-refractivity contribution in [1.82, 2.24) is 30.3 Å². The SMILES string of the molecule is Cn1nncc1-c1ccc2c(c1)CC=C2c1nc(N[C@H]2CCCNC2)ncc1C(F)(F)F. The van der Waals surface area contributed by atoms with E-state index in [0.29, 0.717) is 12.0 Å².